The van der Waals surface area contributed by atoms with Gasteiger partial charge in [-0.1, -0.05) is 73.8 Å². The first-order chi connectivity index (χ1) is 21.1. The van der Waals surface area contributed by atoms with Crippen molar-refractivity contribution in [2.45, 2.75) is 51.9 Å². The monoisotopic (exact) mass is 750 g/mol. The minimum atomic E-state index is -4.88. The molecule has 0 aliphatic carbocycles. The van der Waals surface area contributed by atoms with Gasteiger partial charge in [-0.15, -0.1) is 40.1 Å². The van der Waals surface area contributed by atoms with Crippen LogP contribution in [0.5, 0.6) is 0 Å². The minimum Gasteiger partial charge on any atom is -0.184 e. The molecular weight excluding hydrogens is 725 g/mol. The van der Waals surface area contributed by atoms with Gasteiger partial charge in [-0.25, -0.2) is 0 Å². The van der Waals surface area contributed by atoms with Gasteiger partial charge in [0.2, 0.25) is 0 Å². The van der Waals surface area contributed by atoms with Crippen LogP contribution in [0.2, 0.25) is 0 Å². The van der Waals surface area contributed by atoms with Crippen molar-refractivity contribution < 1.29 is 47.2 Å². The summed E-state index contributed by atoms with van der Waals surface area (Å²) in [6.07, 6.45) is -9.27. The Morgan fingerprint density at radius 1 is 0.800 bits per heavy atom. The second-order valence-electron chi connectivity index (χ2n) is 11.4. The number of benzene rings is 4. The van der Waals surface area contributed by atoms with Crippen molar-refractivity contribution >= 4 is 47.7 Å². The van der Waals surface area contributed by atoms with Crippen molar-refractivity contribution in [2.24, 2.45) is 0 Å². The Hall–Kier alpha value is -2.25. The van der Waals surface area contributed by atoms with Crippen molar-refractivity contribution in [1.29, 1.82) is 0 Å². The summed E-state index contributed by atoms with van der Waals surface area (Å²) in [7, 11) is 10.7. The molecule has 1 aliphatic rings. The molecule has 0 saturated carbocycles. The molecule has 0 bridgehead atoms. The first-order valence-electron chi connectivity index (χ1n) is 13.9. The predicted molar refractivity (Wildman–Crippen MR) is 171 cm³/mol. The Labute approximate surface area is 280 Å². The number of fused-ring (bicyclic) bond motifs is 4. The zero-order chi connectivity index (χ0) is 33.2. The van der Waals surface area contributed by atoms with Crippen LogP contribution >= 0.6 is 17.0 Å². The van der Waals surface area contributed by atoms with Crippen LogP contribution in [-0.2, 0) is 45.0 Å². The molecule has 2 radical (unpaired) electrons. The maximum atomic E-state index is 13.3. The van der Waals surface area contributed by atoms with E-state index in [1.165, 1.54) is 21.5 Å². The van der Waals surface area contributed by atoms with Crippen LogP contribution in [-0.4, -0.2) is 9.52 Å². The fourth-order valence-corrected chi connectivity index (χ4v) is 6.53. The SMILES string of the molecule is CCc1ccc2[cH-]c(C(C)(C)C)cc2c1-c1cc(C(F)(F)F)cc(C(F)(F)F)c1.[Cl][Zr+2][Cl].[c-]1cccc2c1[Si]c1ccccc1-2. The Bertz CT molecular complexity index is 1710. The topological polar surface area (TPSA) is 0 Å². The van der Waals surface area contributed by atoms with Crippen molar-refractivity contribution in [3.63, 3.8) is 0 Å². The largest absolute Gasteiger partial charge is 0.184 e. The number of hydrogen-bond donors (Lipinski definition) is 0. The maximum Gasteiger partial charge on any atom is 0.0920 e. The summed E-state index contributed by atoms with van der Waals surface area (Å²) in [5.41, 5.74) is 2.00. The van der Waals surface area contributed by atoms with E-state index in [2.05, 4.69) is 42.5 Å². The molecule has 0 aromatic heterocycles. The Morgan fingerprint density at radius 3 is 1.98 bits per heavy atom. The molecule has 0 amide bonds. The van der Waals surface area contributed by atoms with Crippen LogP contribution in [0, 0.1) is 6.07 Å². The van der Waals surface area contributed by atoms with E-state index in [9.17, 15) is 26.3 Å². The number of rotatable bonds is 2. The van der Waals surface area contributed by atoms with Gasteiger partial charge in [-0.2, -0.15) is 61.9 Å². The van der Waals surface area contributed by atoms with Gasteiger partial charge >= 0.3 is 50.2 Å². The molecule has 0 atom stereocenters. The normalized spacial score (nSPS) is 12.4. The van der Waals surface area contributed by atoms with Gasteiger partial charge in [-0.3, -0.25) is 0 Å². The van der Waals surface area contributed by atoms with Crippen molar-refractivity contribution in [2.75, 3.05) is 0 Å². The van der Waals surface area contributed by atoms with Crippen molar-refractivity contribution in [3.8, 4) is 22.3 Å². The van der Waals surface area contributed by atoms with Gasteiger partial charge in [0.05, 0.1) is 20.6 Å². The molecule has 0 N–H and O–H groups in total. The van der Waals surface area contributed by atoms with E-state index in [-0.39, 0.29) is 17.0 Å². The van der Waals surface area contributed by atoms with Gasteiger partial charge < -0.3 is 0 Å². The summed E-state index contributed by atoms with van der Waals surface area (Å²) < 4.78 is 80.0. The minimum absolute atomic E-state index is 0.0688. The molecule has 0 unspecified atom stereocenters. The molecule has 5 aromatic carbocycles. The van der Waals surface area contributed by atoms with Crippen LogP contribution in [0.4, 0.5) is 26.3 Å². The van der Waals surface area contributed by atoms with Crippen molar-refractivity contribution in [1.82, 2.24) is 0 Å². The summed E-state index contributed by atoms with van der Waals surface area (Å²) in [6, 6.07) is 27.4. The van der Waals surface area contributed by atoms with E-state index in [0.29, 0.717) is 22.9 Å². The second-order valence-corrected chi connectivity index (χ2v) is 16.5. The predicted octanol–water partition coefficient (Wildman–Crippen LogP) is 10.6. The summed E-state index contributed by atoms with van der Waals surface area (Å²) in [6.45, 7) is 7.85. The fourth-order valence-electron chi connectivity index (χ4n) is 5.22. The quantitative estimate of drug-likeness (QED) is 0.0939. The molecule has 0 saturated heterocycles. The summed E-state index contributed by atoms with van der Waals surface area (Å²) in [5.74, 6) is 0. The molecule has 10 heteroatoms. The first-order valence-corrected chi connectivity index (χ1v) is 21.3. The van der Waals surface area contributed by atoms with Crippen LogP contribution in [0.15, 0.2) is 84.9 Å². The molecule has 45 heavy (non-hydrogen) atoms. The van der Waals surface area contributed by atoms with Gasteiger partial charge in [-0.05, 0) is 35.6 Å². The van der Waals surface area contributed by atoms with E-state index in [0.717, 1.165) is 32.6 Å². The zero-order valence-electron chi connectivity index (χ0n) is 24.8. The molecule has 6 rings (SSSR count). The van der Waals surface area contributed by atoms with Crippen LogP contribution in [0.25, 0.3) is 33.0 Å². The van der Waals surface area contributed by atoms with Gasteiger partial charge in [0.15, 0.2) is 0 Å². The smallest absolute Gasteiger partial charge is 0.0920 e. The first kappa shape index (κ1) is 35.6. The van der Waals surface area contributed by atoms with Gasteiger partial charge in [0, 0.05) is 0 Å². The molecule has 0 nitrogen and oxygen atoms in total. The standard InChI is InChI=1S/C23H21F6.C12H7Si.2ClH.Zr/c1-5-13-6-7-14-8-16(21(2,3)4)12-19(14)20(13)15-9-17(22(24,25)26)11-18(10-15)23(27,28)29;1-3-7-11-9(5-1)10-6-2-4-8-12(10)13-11;;;/h6-12H,5H2,1-4H3;1-7H;2*1H;/q2*-1;;;+4/p-2. The second kappa shape index (κ2) is 14.3. The van der Waals surface area contributed by atoms with E-state index in [1.807, 2.05) is 52.0 Å². The fraction of sp³-hybridized carbons (Fsp3) is 0.229. The molecule has 1 heterocycles. The molecule has 0 spiro atoms. The van der Waals surface area contributed by atoms with Crippen LogP contribution in [0.1, 0.15) is 49.9 Å². The van der Waals surface area contributed by atoms with E-state index >= 15 is 0 Å². The average Bonchev–Trinajstić information content (AvgIpc) is 3.58. The third kappa shape index (κ3) is 8.38. The summed E-state index contributed by atoms with van der Waals surface area (Å²) in [4.78, 5) is 0. The molecule has 5 aromatic rings. The zero-order valence-corrected chi connectivity index (χ0v) is 29.8. The Balaban J connectivity index is 0.000000236. The third-order valence-electron chi connectivity index (χ3n) is 7.43. The maximum absolute atomic E-state index is 13.3. The van der Waals surface area contributed by atoms with E-state index in [4.69, 9.17) is 17.0 Å². The van der Waals surface area contributed by atoms with Crippen molar-refractivity contribution in [3.05, 3.63) is 113 Å². The molecule has 1 aliphatic heterocycles. The summed E-state index contributed by atoms with van der Waals surface area (Å²) >= 11 is -0.826. The number of alkyl halides is 6. The Morgan fingerprint density at radius 2 is 1.40 bits per heavy atom. The molecular formula is C35H28Cl2F6SiZr. The third-order valence-corrected chi connectivity index (χ3v) is 8.80. The van der Waals surface area contributed by atoms with Gasteiger partial charge in [0.1, 0.15) is 0 Å². The number of aryl methyl sites for hydroxylation is 1. The number of hydrogen-bond acceptors (Lipinski definition) is 0. The Kier molecular flexibility index (Phi) is 11.3. The summed E-state index contributed by atoms with van der Waals surface area (Å²) in [5, 5.41) is 4.29. The van der Waals surface area contributed by atoms with E-state index in [1.54, 1.807) is 6.07 Å². The number of halogens is 8. The van der Waals surface area contributed by atoms with Gasteiger partial charge in [0.25, 0.3) is 0 Å². The van der Waals surface area contributed by atoms with Crippen LogP contribution < -0.4 is 10.4 Å². The molecule has 232 valence electrons. The van der Waals surface area contributed by atoms with Crippen LogP contribution in [0.3, 0.4) is 0 Å². The molecule has 0 fully saturated rings. The van der Waals surface area contributed by atoms with E-state index < -0.39 is 44.3 Å². The average molecular weight is 753 g/mol.